The van der Waals surface area contributed by atoms with E-state index in [2.05, 4.69) is 0 Å². The Kier molecular flexibility index (Phi) is 5.32. The van der Waals surface area contributed by atoms with Gasteiger partial charge in [0.25, 0.3) is 0 Å². The average molecular weight is 266 g/mol. The van der Waals surface area contributed by atoms with Crippen LogP contribution in [0.2, 0.25) is 0 Å². The molecule has 1 aromatic rings. The second-order valence-electron chi connectivity index (χ2n) is 4.20. The van der Waals surface area contributed by atoms with E-state index >= 15 is 0 Å². The smallest absolute Gasteiger partial charge is 0.212 e. The van der Waals surface area contributed by atoms with Crippen molar-refractivity contribution in [2.24, 2.45) is 0 Å². The molecule has 0 atom stereocenters. The van der Waals surface area contributed by atoms with Crippen molar-refractivity contribution < 1.29 is 8.42 Å². The first-order chi connectivity index (χ1) is 8.51. The zero-order valence-electron chi connectivity index (χ0n) is 10.8. The summed E-state index contributed by atoms with van der Waals surface area (Å²) in [6.07, 6.45) is 1.80. The molecule has 0 aliphatic carbocycles. The fourth-order valence-electron chi connectivity index (χ4n) is 1.58. The molecule has 0 N–H and O–H groups in total. The summed E-state index contributed by atoms with van der Waals surface area (Å²) in [5.41, 5.74) is 0.980. The summed E-state index contributed by atoms with van der Waals surface area (Å²) in [6, 6.07) is 8.82. The third kappa shape index (κ3) is 3.83. The molecule has 1 aromatic carbocycles. The molecule has 0 aliphatic rings. The van der Waals surface area contributed by atoms with E-state index in [9.17, 15) is 8.42 Å². The zero-order valence-corrected chi connectivity index (χ0v) is 11.6. The van der Waals surface area contributed by atoms with E-state index in [4.69, 9.17) is 5.26 Å². The van der Waals surface area contributed by atoms with Crippen molar-refractivity contribution in [1.29, 1.82) is 5.26 Å². The van der Waals surface area contributed by atoms with Gasteiger partial charge in [0.1, 0.15) is 0 Å². The third-order valence-corrected chi connectivity index (χ3v) is 4.59. The Labute approximate surface area is 109 Å². The second kappa shape index (κ2) is 6.53. The minimum atomic E-state index is -3.34. The highest BCUT2D eigenvalue weighted by molar-refractivity contribution is 7.88. The van der Waals surface area contributed by atoms with E-state index < -0.39 is 10.0 Å². The highest BCUT2D eigenvalue weighted by atomic mass is 32.2. The fourth-order valence-corrected chi connectivity index (χ4v) is 2.85. The average Bonchev–Trinajstić information content (AvgIpc) is 2.36. The molecule has 0 bridgehead atoms. The lowest BCUT2D eigenvalue weighted by atomic mass is 10.1. The van der Waals surface area contributed by atoms with E-state index in [0.29, 0.717) is 17.7 Å². The molecule has 0 aromatic heterocycles. The standard InChI is InChI=1S/C13H18N2O2S/c1-3-4-9-15(2)18(16,17)11-13-8-6-5-7-12(13)10-14/h5-8H,3-4,9,11H2,1-2H3. The molecule has 0 saturated carbocycles. The van der Waals surface area contributed by atoms with Crippen molar-refractivity contribution >= 4 is 10.0 Å². The Morgan fingerprint density at radius 1 is 1.33 bits per heavy atom. The van der Waals surface area contributed by atoms with Crippen LogP contribution in [0, 0.1) is 11.3 Å². The van der Waals surface area contributed by atoms with Gasteiger partial charge in [0, 0.05) is 13.6 Å². The number of unbranched alkanes of at least 4 members (excludes halogenated alkanes) is 1. The highest BCUT2D eigenvalue weighted by Crippen LogP contribution is 2.14. The van der Waals surface area contributed by atoms with Gasteiger partial charge in [-0.3, -0.25) is 0 Å². The molecule has 18 heavy (non-hydrogen) atoms. The Morgan fingerprint density at radius 2 is 2.00 bits per heavy atom. The van der Waals surface area contributed by atoms with Gasteiger partial charge in [-0.05, 0) is 18.1 Å². The van der Waals surface area contributed by atoms with Gasteiger partial charge >= 0.3 is 0 Å². The van der Waals surface area contributed by atoms with Crippen LogP contribution >= 0.6 is 0 Å². The summed E-state index contributed by atoms with van der Waals surface area (Å²) in [5, 5.41) is 8.94. The molecule has 0 heterocycles. The van der Waals surface area contributed by atoms with Crippen LogP contribution in [0.4, 0.5) is 0 Å². The predicted molar refractivity (Wildman–Crippen MR) is 71.3 cm³/mol. The monoisotopic (exact) mass is 266 g/mol. The highest BCUT2D eigenvalue weighted by Gasteiger charge is 2.19. The van der Waals surface area contributed by atoms with Crippen molar-refractivity contribution in [3.63, 3.8) is 0 Å². The van der Waals surface area contributed by atoms with Crippen LogP contribution in [-0.4, -0.2) is 26.3 Å². The molecule has 0 amide bonds. The molecule has 0 radical (unpaired) electrons. The van der Waals surface area contributed by atoms with Gasteiger partial charge in [0.15, 0.2) is 0 Å². The van der Waals surface area contributed by atoms with E-state index in [1.54, 1.807) is 31.3 Å². The van der Waals surface area contributed by atoms with Crippen LogP contribution < -0.4 is 0 Å². The summed E-state index contributed by atoms with van der Waals surface area (Å²) in [7, 11) is -1.75. The van der Waals surface area contributed by atoms with Crippen molar-refractivity contribution in [2.75, 3.05) is 13.6 Å². The Morgan fingerprint density at radius 3 is 2.61 bits per heavy atom. The summed E-state index contributed by atoms with van der Waals surface area (Å²) in [5.74, 6) is -0.114. The Balaban J connectivity index is 2.86. The SMILES string of the molecule is CCCCN(C)S(=O)(=O)Cc1ccccc1C#N. The first-order valence-electron chi connectivity index (χ1n) is 5.93. The topological polar surface area (TPSA) is 61.2 Å². The number of sulfonamides is 1. The number of nitriles is 1. The molecule has 0 aliphatic heterocycles. The largest absolute Gasteiger partial charge is 0.218 e. The van der Waals surface area contributed by atoms with Crippen LogP contribution in [0.3, 0.4) is 0 Å². The Bertz CT molecular complexity index is 532. The lowest BCUT2D eigenvalue weighted by Gasteiger charge is -2.17. The van der Waals surface area contributed by atoms with Crippen LogP contribution in [0.25, 0.3) is 0 Å². The fraction of sp³-hybridized carbons (Fsp3) is 0.462. The molecule has 4 nitrogen and oxygen atoms in total. The molecule has 0 fully saturated rings. The van der Waals surface area contributed by atoms with E-state index in [-0.39, 0.29) is 5.75 Å². The maximum absolute atomic E-state index is 12.1. The van der Waals surface area contributed by atoms with Crippen molar-refractivity contribution in [2.45, 2.75) is 25.5 Å². The van der Waals surface area contributed by atoms with Gasteiger partial charge < -0.3 is 0 Å². The maximum atomic E-state index is 12.1. The maximum Gasteiger partial charge on any atom is 0.218 e. The van der Waals surface area contributed by atoms with Crippen molar-refractivity contribution in [3.05, 3.63) is 35.4 Å². The minimum Gasteiger partial charge on any atom is -0.212 e. The van der Waals surface area contributed by atoms with Crippen LogP contribution in [0.5, 0.6) is 0 Å². The van der Waals surface area contributed by atoms with Gasteiger partial charge in [-0.2, -0.15) is 5.26 Å². The summed E-state index contributed by atoms with van der Waals surface area (Å²) < 4.78 is 25.5. The van der Waals surface area contributed by atoms with Gasteiger partial charge in [0.05, 0.1) is 17.4 Å². The molecular formula is C13H18N2O2S. The van der Waals surface area contributed by atoms with E-state index in [1.165, 1.54) is 4.31 Å². The number of hydrogen-bond acceptors (Lipinski definition) is 3. The lowest BCUT2D eigenvalue weighted by Crippen LogP contribution is -2.29. The van der Waals surface area contributed by atoms with E-state index in [0.717, 1.165) is 12.8 Å². The minimum absolute atomic E-state index is 0.114. The molecule has 0 unspecified atom stereocenters. The summed E-state index contributed by atoms with van der Waals surface area (Å²) >= 11 is 0. The molecule has 0 saturated heterocycles. The molecule has 98 valence electrons. The van der Waals surface area contributed by atoms with Crippen molar-refractivity contribution in [1.82, 2.24) is 4.31 Å². The summed E-state index contributed by atoms with van der Waals surface area (Å²) in [4.78, 5) is 0. The van der Waals surface area contributed by atoms with E-state index in [1.807, 2.05) is 13.0 Å². The van der Waals surface area contributed by atoms with Crippen LogP contribution in [0.15, 0.2) is 24.3 Å². The quantitative estimate of drug-likeness (QED) is 0.792. The number of rotatable bonds is 6. The second-order valence-corrected chi connectivity index (χ2v) is 6.28. The first-order valence-corrected chi connectivity index (χ1v) is 7.54. The lowest BCUT2D eigenvalue weighted by molar-refractivity contribution is 0.458. The van der Waals surface area contributed by atoms with Crippen molar-refractivity contribution in [3.8, 4) is 6.07 Å². The number of benzene rings is 1. The predicted octanol–water partition coefficient (Wildman–Crippen LogP) is 2.12. The zero-order chi connectivity index (χ0) is 13.6. The van der Waals surface area contributed by atoms with Crippen LogP contribution in [-0.2, 0) is 15.8 Å². The van der Waals surface area contributed by atoms with Gasteiger partial charge in [0.2, 0.25) is 10.0 Å². The molecule has 1 rings (SSSR count). The number of hydrogen-bond donors (Lipinski definition) is 0. The molecule has 5 heteroatoms. The third-order valence-electron chi connectivity index (χ3n) is 2.78. The number of nitrogens with zero attached hydrogens (tertiary/aromatic N) is 2. The van der Waals surface area contributed by atoms with Gasteiger partial charge in [-0.15, -0.1) is 0 Å². The Hall–Kier alpha value is -1.38. The van der Waals surface area contributed by atoms with Crippen LogP contribution in [0.1, 0.15) is 30.9 Å². The summed E-state index contributed by atoms with van der Waals surface area (Å²) in [6.45, 7) is 2.54. The van der Waals surface area contributed by atoms with Gasteiger partial charge in [-0.1, -0.05) is 31.5 Å². The molecule has 0 spiro atoms. The van der Waals surface area contributed by atoms with Gasteiger partial charge in [-0.25, -0.2) is 12.7 Å². The first kappa shape index (κ1) is 14.7. The normalized spacial score (nSPS) is 11.4. The molecular weight excluding hydrogens is 248 g/mol.